The number of methoxy groups -OCH3 is 2. The zero-order valence-corrected chi connectivity index (χ0v) is 16.8. The Kier molecular flexibility index (Phi) is 7.87. The van der Waals surface area contributed by atoms with Crippen LogP contribution in [0.3, 0.4) is 0 Å². The number of amides is 2. The number of ether oxygens (including phenoxy) is 2. The van der Waals surface area contributed by atoms with Gasteiger partial charge in [0.05, 0.1) is 14.2 Å². The Morgan fingerprint density at radius 3 is 2.29 bits per heavy atom. The van der Waals surface area contributed by atoms with E-state index in [4.69, 9.17) is 9.47 Å². The molecule has 2 amide bonds. The normalized spacial score (nSPS) is 12.6. The molecule has 28 heavy (non-hydrogen) atoms. The second-order valence-electron chi connectivity index (χ2n) is 6.61. The van der Waals surface area contributed by atoms with Crippen LogP contribution in [0, 0.1) is 5.92 Å². The molecule has 0 saturated heterocycles. The average molecular weight is 384 g/mol. The predicted octanol–water partition coefficient (Wildman–Crippen LogP) is 3.16. The van der Waals surface area contributed by atoms with Gasteiger partial charge in [-0.25, -0.2) is 0 Å². The highest BCUT2D eigenvalue weighted by Crippen LogP contribution is 2.27. The van der Waals surface area contributed by atoms with E-state index in [0.29, 0.717) is 23.6 Å². The largest absolute Gasteiger partial charge is 0.493 e. The smallest absolute Gasteiger partial charge is 0.251 e. The quantitative estimate of drug-likeness (QED) is 0.696. The van der Waals surface area contributed by atoms with Crippen LogP contribution in [0.1, 0.15) is 36.2 Å². The van der Waals surface area contributed by atoms with E-state index < -0.39 is 6.04 Å². The van der Waals surface area contributed by atoms with E-state index >= 15 is 0 Å². The Morgan fingerprint density at radius 2 is 1.68 bits per heavy atom. The number of nitrogens with one attached hydrogen (secondary N) is 2. The molecule has 2 rings (SSSR count). The van der Waals surface area contributed by atoms with Crippen LogP contribution in [0.25, 0.3) is 0 Å². The molecule has 2 unspecified atom stereocenters. The van der Waals surface area contributed by atoms with Crippen molar-refractivity contribution in [2.24, 2.45) is 5.92 Å². The van der Waals surface area contributed by atoms with E-state index in [1.807, 2.05) is 32.0 Å². The van der Waals surface area contributed by atoms with Gasteiger partial charge in [-0.05, 0) is 35.7 Å². The number of benzene rings is 2. The molecule has 6 nitrogen and oxygen atoms in total. The summed E-state index contributed by atoms with van der Waals surface area (Å²) < 4.78 is 10.5. The number of hydrogen-bond donors (Lipinski definition) is 2. The van der Waals surface area contributed by atoms with Crippen LogP contribution in [0.4, 0.5) is 0 Å². The molecule has 0 heterocycles. The summed E-state index contributed by atoms with van der Waals surface area (Å²) in [6.45, 7) is 4.27. The summed E-state index contributed by atoms with van der Waals surface area (Å²) in [5.41, 5.74) is 1.41. The Balaban J connectivity index is 2.06. The number of hydrogen-bond acceptors (Lipinski definition) is 4. The molecular formula is C22H28N2O4. The molecule has 0 aliphatic carbocycles. The minimum atomic E-state index is -0.613. The monoisotopic (exact) mass is 384 g/mol. The lowest BCUT2D eigenvalue weighted by Crippen LogP contribution is -2.50. The summed E-state index contributed by atoms with van der Waals surface area (Å²) in [5.74, 6) is 0.758. The molecule has 0 aromatic heterocycles. The Morgan fingerprint density at radius 1 is 1.00 bits per heavy atom. The van der Waals surface area contributed by atoms with Crippen molar-refractivity contribution in [3.63, 3.8) is 0 Å². The molecule has 0 spiro atoms. The van der Waals surface area contributed by atoms with Crippen LogP contribution in [-0.2, 0) is 11.3 Å². The first-order valence-electron chi connectivity index (χ1n) is 9.34. The maximum absolute atomic E-state index is 12.8. The summed E-state index contributed by atoms with van der Waals surface area (Å²) in [6, 6.07) is 13.8. The van der Waals surface area contributed by atoms with Gasteiger partial charge in [-0.1, -0.05) is 44.5 Å². The van der Waals surface area contributed by atoms with Crippen LogP contribution >= 0.6 is 0 Å². The summed E-state index contributed by atoms with van der Waals surface area (Å²) in [7, 11) is 3.14. The third kappa shape index (κ3) is 5.49. The van der Waals surface area contributed by atoms with Gasteiger partial charge in [-0.15, -0.1) is 0 Å². The fourth-order valence-corrected chi connectivity index (χ4v) is 2.81. The first-order chi connectivity index (χ1) is 13.5. The van der Waals surface area contributed by atoms with Crippen molar-refractivity contribution < 1.29 is 19.1 Å². The van der Waals surface area contributed by atoms with Crippen molar-refractivity contribution in [2.45, 2.75) is 32.9 Å². The highest BCUT2D eigenvalue weighted by Gasteiger charge is 2.26. The lowest BCUT2D eigenvalue weighted by atomic mass is 9.97. The Hall–Kier alpha value is -3.02. The molecule has 150 valence electrons. The van der Waals surface area contributed by atoms with E-state index in [1.54, 1.807) is 44.6 Å². The SMILES string of the molecule is CCC(C)C(NC(=O)c1ccccc1)C(=O)NCc1ccc(OC)c(OC)c1. The third-order valence-corrected chi connectivity index (χ3v) is 4.73. The molecule has 2 aromatic rings. The van der Waals surface area contributed by atoms with Gasteiger partial charge in [0.1, 0.15) is 6.04 Å². The zero-order valence-electron chi connectivity index (χ0n) is 16.8. The second kappa shape index (κ2) is 10.3. The average Bonchev–Trinajstić information content (AvgIpc) is 2.75. The number of carbonyl (C=O) groups excluding carboxylic acids is 2. The minimum Gasteiger partial charge on any atom is -0.493 e. The van der Waals surface area contributed by atoms with Gasteiger partial charge in [-0.2, -0.15) is 0 Å². The summed E-state index contributed by atoms with van der Waals surface area (Å²) in [6.07, 6.45) is 0.767. The zero-order chi connectivity index (χ0) is 20.5. The van der Waals surface area contributed by atoms with Gasteiger partial charge in [0, 0.05) is 12.1 Å². The molecule has 0 fully saturated rings. The summed E-state index contributed by atoms with van der Waals surface area (Å²) in [5, 5.41) is 5.78. The number of rotatable bonds is 9. The highest BCUT2D eigenvalue weighted by molar-refractivity contribution is 5.97. The molecule has 0 radical (unpaired) electrons. The third-order valence-electron chi connectivity index (χ3n) is 4.73. The van der Waals surface area contributed by atoms with E-state index in [0.717, 1.165) is 12.0 Å². The predicted molar refractivity (Wildman–Crippen MR) is 109 cm³/mol. The van der Waals surface area contributed by atoms with Crippen LogP contribution < -0.4 is 20.1 Å². The summed E-state index contributed by atoms with van der Waals surface area (Å²) >= 11 is 0. The van der Waals surface area contributed by atoms with Gasteiger partial charge < -0.3 is 20.1 Å². The first-order valence-corrected chi connectivity index (χ1v) is 9.34. The van der Waals surface area contributed by atoms with E-state index in [1.165, 1.54) is 0 Å². The molecule has 6 heteroatoms. The van der Waals surface area contributed by atoms with Gasteiger partial charge in [0.25, 0.3) is 5.91 Å². The standard InChI is InChI=1S/C22H28N2O4/c1-5-15(2)20(24-21(25)17-9-7-6-8-10-17)22(26)23-14-16-11-12-18(27-3)19(13-16)28-4/h6-13,15,20H,5,14H2,1-4H3,(H,23,26)(H,24,25). The van der Waals surface area contributed by atoms with Gasteiger partial charge >= 0.3 is 0 Å². The Bertz CT molecular complexity index is 792. The van der Waals surface area contributed by atoms with E-state index in [9.17, 15) is 9.59 Å². The van der Waals surface area contributed by atoms with Crippen molar-refractivity contribution in [2.75, 3.05) is 14.2 Å². The molecule has 2 aromatic carbocycles. The van der Waals surface area contributed by atoms with Crippen molar-refractivity contribution >= 4 is 11.8 Å². The number of carbonyl (C=O) groups is 2. The molecule has 0 bridgehead atoms. The van der Waals surface area contributed by atoms with Gasteiger partial charge in [-0.3, -0.25) is 9.59 Å². The maximum Gasteiger partial charge on any atom is 0.251 e. The molecule has 2 atom stereocenters. The lowest BCUT2D eigenvalue weighted by molar-refractivity contribution is -0.124. The van der Waals surface area contributed by atoms with Crippen LogP contribution in [0.15, 0.2) is 48.5 Å². The van der Waals surface area contributed by atoms with Crippen molar-refractivity contribution in [3.8, 4) is 11.5 Å². The topological polar surface area (TPSA) is 76.7 Å². The van der Waals surface area contributed by atoms with Crippen molar-refractivity contribution in [3.05, 3.63) is 59.7 Å². The maximum atomic E-state index is 12.8. The minimum absolute atomic E-state index is 0.00179. The van der Waals surface area contributed by atoms with Crippen molar-refractivity contribution in [1.29, 1.82) is 0 Å². The highest BCUT2D eigenvalue weighted by atomic mass is 16.5. The lowest BCUT2D eigenvalue weighted by Gasteiger charge is -2.23. The second-order valence-corrected chi connectivity index (χ2v) is 6.61. The van der Waals surface area contributed by atoms with E-state index in [-0.39, 0.29) is 17.7 Å². The molecule has 2 N–H and O–H groups in total. The van der Waals surface area contributed by atoms with Crippen LogP contribution in [-0.4, -0.2) is 32.1 Å². The Labute approximate surface area is 166 Å². The van der Waals surface area contributed by atoms with Gasteiger partial charge in [0.15, 0.2) is 11.5 Å². The van der Waals surface area contributed by atoms with Gasteiger partial charge in [0.2, 0.25) is 5.91 Å². The fourth-order valence-electron chi connectivity index (χ4n) is 2.81. The van der Waals surface area contributed by atoms with Crippen LogP contribution in [0.5, 0.6) is 11.5 Å². The van der Waals surface area contributed by atoms with E-state index in [2.05, 4.69) is 10.6 Å². The fraction of sp³-hybridized carbons (Fsp3) is 0.364. The molecule has 0 saturated carbocycles. The summed E-state index contributed by atoms with van der Waals surface area (Å²) in [4.78, 5) is 25.3. The van der Waals surface area contributed by atoms with Crippen LogP contribution in [0.2, 0.25) is 0 Å². The molecule has 0 aliphatic rings. The first kappa shape index (κ1) is 21.3. The molecular weight excluding hydrogens is 356 g/mol. The van der Waals surface area contributed by atoms with Crippen molar-refractivity contribution in [1.82, 2.24) is 10.6 Å². The molecule has 0 aliphatic heterocycles.